The zero-order valence-corrected chi connectivity index (χ0v) is 13.2. The minimum absolute atomic E-state index is 0.00559. The highest BCUT2D eigenvalue weighted by Crippen LogP contribution is 2.30. The van der Waals surface area contributed by atoms with Crippen LogP contribution in [0.25, 0.3) is 0 Å². The fourth-order valence-corrected chi connectivity index (χ4v) is 3.32. The van der Waals surface area contributed by atoms with Gasteiger partial charge in [0.25, 0.3) is 0 Å². The van der Waals surface area contributed by atoms with Crippen molar-refractivity contribution in [3.05, 3.63) is 35.4 Å². The largest absolute Gasteiger partial charge is 0.478 e. The number of hydrogen-bond donors (Lipinski definition) is 1. The van der Waals surface area contributed by atoms with Crippen LogP contribution in [0.2, 0.25) is 0 Å². The van der Waals surface area contributed by atoms with Gasteiger partial charge in [0.1, 0.15) is 5.60 Å². The van der Waals surface area contributed by atoms with Gasteiger partial charge in [-0.1, -0.05) is 12.1 Å². The van der Waals surface area contributed by atoms with Gasteiger partial charge in [-0.15, -0.1) is 0 Å². The maximum atomic E-state index is 12.6. The van der Waals surface area contributed by atoms with Crippen LogP contribution in [-0.2, 0) is 20.7 Å². The summed E-state index contributed by atoms with van der Waals surface area (Å²) in [5, 5.41) is 9.04. The average Bonchev–Trinajstić information content (AvgIpc) is 2.94. The smallest absolute Gasteiger partial charge is 0.335 e. The number of carboxylic acid groups (broad SMARTS) is 1. The summed E-state index contributed by atoms with van der Waals surface area (Å²) in [7, 11) is 0. The van der Waals surface area contributed by atoms with E-state index in [1.165, 1.54) is 6.07 Å². The van der Waals surface area contributed by atoms with E-state index in [0.717, 1.165) is 6.42 Å². The molecule has 1 aromatic carbocycles. The molecule has 2 aliphatic heterocycles. The average molecular weight is 319 g/mol. The number of carbonyl (C=O) groups is 2. The zero-order chi connectivity index (χ0) is 16.4. The molecule has 2 aliphatic rings. The van der Waals surface area contributed by atoms with Crippen LogP contribution in [0, 0.1) is 0 Å². The Morgan fingerprint density at radius 1 is 1.43 bits per heavy atom. The van der Waals surface area contributed by atoms with Crippen LogP contribution >= 0.6 is 0 Å². The second-order valence-corrected chi connectivity index (χ2v) is 6.37. The summed E-state index contributed by atoms with van der Waals surface area (Å²) in [5.41, 5.74) is 0.535. The number of morpholine rings is 1. The second kappa shape index (κ2) is 6.29. The molecule has 2 heterocycles. The van der Waals surface area contributed by atoms with Gasteiger partial charge < -0.3 is 19.5 Å². The Morgan fingerprint density at radius 2 is 2.26 bits per heavy atom. The Labute approximate surface area is 135 Å². The molecular weight excluding hydrogens is 298 g/mol. The number of amides is 1. The van der Waals surface area contributed by atoms with Gasteiger partial charge in [0, 0.05) is 19.6 Å². The molecule has 23 heavy (non-hydrogen) atoms. The SMILES string of the molecule is CC1CN(C(=O)Cc2cccc(C(=O)O)c2)CC2(CCOC2)O1. The Bertz CT molecular complexity index is 609. The quantitative estimate of drug-likeness (QED) is 0.910. The minimum Gasteiger partial charge on any atom is -0.478 e. The number of carbonyl (C=O) groups excluding carboxylic acids is 1. The van der Waals surface area contributed by atoms with E-state index in [1.54, 1.807) is 18.2 Å². The van der Waals surface area contributed by atoms with E-state index in [9.17, 15) is 9.59 Å². The molecule has 0 saturated carbocycles. The Morgan fingerprint density at radius 3 is 2.96 bits per heavy atom. The molecule has 0 bridgehead atoms. The number of hydrogen-bond acceptors (Lipinski definition) is 4. The molecule has 2 atom stereocenters. The molecule has 1 spiro atoms. The molecular formula is C17H21NO5. The topological polar surface area (TPSA) is 76.1 Å². The Kier molecular flexibility index (Phi) is 4.37. The molecule has 1 amide bonds. The molecule has 0 aromatic heterocycles. The molecule has 6 nitrogen and oxygen atoms in total. The van der Waals surface area contributed by atoms with E-state index in [1.807, 2.05) is 11.8 Å². The number of rotatable bonds is 3. The van der Waals surface area contributed by atoms with Crippen LogP contribution in [0.1, 0.15) is 29.3 Å². The van der Waals surface area contributed by atoms with E-state index in [2.05, 4.69) is 0 Å². The van der Waals surface area contributed by atoms with Crippen LogP contribution in [0.5, 0.6) is 0 Å². The van der Waals surface area contributed by atoms with E-state index in [4.69, 9.17) is 14.6 Å². The predicted octanol–water partition coefficient (Wildman–Crippen LogP) is 1.33. The van der Waals surface area contributed by atoms with Gasteiger partial charge in [0.2, 0.25) is 5.91 Å². The van der Waals surface area contributed by atoms with Crippen LogP contribution in [0.15, 0.2) is 24.3 Å². The van der Waals surface area contributed by atoms with E-state index < -0.39 is 5.97 Å². The lowest BCUT2D eigenvalue weighted by atomic mass is 9.98. The maximum absolute atomic E-state index is 12.6. The maximum Gasteiger partial charge on any atom is 0.335 e. The summed E-state index contributed by atoms with van der Waals surface area (Å²) < 4.78 is 11.5. The molecule has 1 N–H and O–H groups in total. The molecule has 0 radical (unpaired) electrons. The van der Waals surface area contributed by atoms with Gasteiger partial charge >= 0.3 is 5.97 Å². The van der Waals surface area contributed by atoms with Gasteiger partial charge in [-0.2, -0.15) is 0 Å². The highest BCUT2D eigenvalue weighted by atomic mass is 16.6. The van der Waals surface area contributed by atoms with Crippen molar-refractivity contribution < 1.29 is 24.2 Å². The number of nitrogens with zero attached hydrogens (tertiary/aromatic N) is 1. The van der Waals surface area contributed by atoms with Gasteiger partial charge in [0.05, 0.1) is 31.2 Å². The lowest BCUT2D eigenvalue weighted by Gasteiger charge is -2.42. The fraction of sp³-hybridized carbons (Fsp3) is 0.529. The highest BCUT2D eigenvalue weighted by molar-refractivity contribution is 5.88. The summed E-state index contributed by atoms with van der Waals surface area (Å²) in [6, 6.07) is 6.53. The first-order valence-corrected chi connectivity index (χ1v) is 7.83. The van der Waals surface area contributed by atoms with E-state index in [-0.39, 0.29) is 29.6 Å². The first-order chi connectivity index (χ1) is 11.0. The van der Waals surface area contributed by atoms with Crippen molar-refractivity contribution in [1.82, 2.24) is 4.90 Å². The van der Waals surface area contributed by atoms with Crippen LogP contribution < -0.4 is 0 Å². The monoisotopic (exact) mass is 319 g/mol. The molecule has 0 aliphatic carbocycles. The first kappa shape index (κ1) is 16.0. The number of aromatic carboxylic acids is 1. The Hall–Kier alpha value is -1.92. The number of ether oxygens (including phenoxy) is 2. The summed E-state index contributed by atoms with van der Waals surface area (Å²) in [4.78, 5) is 25.5. The van der Waals surface area contributed by atoms with Crippen molar-refractivity contribution in [2.24, 2.45) is 0 Å². The third kappa shape index (κ3) is 3.54. The van der Waals surface area contributed by atoms with Crippen molar-refractivity contribution in [2.45, 2.75) is 31.5 Å². The van der Waals surface area contributed by atoms with E-state index in [0.29, 0.717) is 31.9 Å². The molecule has 6 heteroatoms. The van der Waals surface area contributed by atoms with Crippen molar-refractivity contribution in [2.75, 3.05) is 26.3 Å². The first-order valence-electron chi connectivity index (χ1n) is 7.83. The third-order valence-electron chi connectivity index (χ3n) is 4.36. The minimum atomic E-state index is -0.985. The molecule has 2 saturated heterocycles. The van der Waals surface area contributed by atoms with E-state index >= 15 is 0 Å². The zero-order valence-electron chi connectivity index (χ0n) is 13.2. The van der Waals surface area contributed by atoms with Gasteiger partial charge in [-0.05, 0) is 24.6 Å². The van der Waals surface area contributed by atoms with Crippen molar-refractivity contribution >= 4 is 11.9 Å². The van der Waals surface area contributed by atoms with Crippen LogP contribution in [-0.4, -0.2) is 59.9 Å². The third-order valence-corrected chi connectivity index (χ3v) is 4.36. The van der Waals surface area contributed by atoms with Gasteiger partial charge in [-0.3, -0.25) is 4.79 Å². The van der Waals surface area contributed by atoms with Crippen LogP contribution in [0.3, 0.4) is 0 Å². The standard InChI is InChI=1S/C17H21NO5/c1-12-9-18(10-17(23-12)5-6-22-11-17)15(19)8-13-3-2-4-14(7-13)16(20)21/h2-4,7,12H,5-6,8-11H2,1H3,(H,20,21). The van der Waals surface area contributed by atoms with Crippen molar-refractivity contribution in [3.8, 4) is 0 Å². The van der Waals surface area contributed by atoms with Crippen LogP contribution in [0.4, 0.5) is 0 Å². The van der Waals surface area contributed by atoms with Gasteiger partial charge in [0.15, 0.2) is 0 Å². The molecule has 2 fully saturated rings. The van der Waals surface area contributed by atoms with Crippen molar-refractivity contribution in [3.63, 3.8) is 0 Å². The summed E-state index contributed by atoms with van der Waals surface area (Å²) in [5.74, 6) is -0.990. The normalized spacial score (nSPS) is 27.3. The predicted molar refractivity (Wildman–Crippen MR) is 82.4 cm³/mol. The summed E-state index contributed by atoms with van der Waals surface area (Å²) in [6.07, 6.45) is 0.972. The number of benzene rings is 1. The van der Waals surface area contributed by atoms with Crippen molar-refractivity contribution in [1.29, 1.82) is 0 Å². The lowest BCUT2D eigenvalue weighted by molar-refractivity contribution is -0.165. The summed E-state index contributed by atoms with van der Waals surface area (Å²) in [6.45, 7) is 4.24. The van der Waals surface area contributed by atoms with Gasteiger partial charge in [-0.25, -0.2) is 4.79 Å². The fourth-order valence-electron chi connectivity index (χ4n) is 3.32. The molecule has 124 valence electrons. The number of carboxylic acids is 1. The lowest BCUT2D eigenvalue weighted by Crippen LogP contribution is -2.57. The Balaban J connectivity index is 1.70. The highest BCUT2D eigenvalue weighted by Gasteiger charge is 2.43. The summed E-state index contributed by atoms with van der Waals surface area (Å²) >= 11 is 0. The molecule has 2 unspecified atom stereocenters. The molecule has 1 aromatic rings. The molecule has 3 rings (SSSR count). The second-order valence-electron chi connectivity index (χ2n) is 6.37.